The second-order valence-corrected chi connectivity index (χ2v) is 8.40. The number of rotatable bonds is 3. The first-order valence-electron chi connectivity index (χ1n) is 10.6. The van der Waals surface area contributed by atoms with Gasteiger partial charge in [-0.2, -0.15) is 0 Å². The van der Waals surface area contributed by atoms with E-state index in [4.69, 9.17) is 0 Å². The summed E-state index contributed by atoms with van der Waals surface area (Å²) < 4.78 is 16.0. The Kier molecular flexibility index (Phi) is 4.97. The van der Waals surface area contributed by atoms with Crippen molar-refractivity contribution < 1.29 is 9.18 Å². The summed E-state index contributed by atoms with van der Waals surface area (Å²) >= 11 is 0. The van der Waals surface area contributed by atoms with E-state index in [-0.39, 0.29) is 11.6 Å². The van der Waals surface area contributed by atoms with Gasteiger partial charge in [-0.15, -0.1) is 0 Å². The minimum Gasteiger partial charge on any atom is -0.367 e. The molecule has 0 bridgehead atoms. The minimum absolute atomic E-state index is 0.223. The average Bonchev–Trinajstić information content (AvgIpc) is 3.13. The molecule has 8 nitrogen and oxygen atoms in total. The van der Waals surface area contributed by atoms with Crippen LogP contribution in [0.1, 0.15) is 29.9 Å². The highest BCUT2D eigenvalue weighted by Crippen LogP contribution is 2.28. The van der Waals surface area contributed by atoms with Gasteiger partial charge in [-0.05, 0) is 32.9 Å². The topological polar surface area (TPSA) is 87.5 Å². The van der Waals surface area contributed by atoms with Gasteiger partial charge in [-0.25, -0.2) is 9.37 Å². The number of carbonyl (C=O) groups excluding carboxylic acids is 1. The van der Waals surface area contributed by atoms with E-state index in [2.05, 4.69) is 44.3 Å². The Morgan fingerprint density at radius 2 is 1.84 bits per heavy atom. The maximum Gasteiger partial charge on any atom is 0.257 e. The molecular formula is C23H24FN7O. The Morgan fingerprint density at radius 1 is 1.12 bits per heavy atom. The van der Waals surface area contributed by atoms with Crippen LogP contribution in [0.2, 0.25) is 0 Å². The maximum atomic E-state index is 14.4. The highest BCUT2D eigenvalue weighted by atomic mass is 19.1. The monoisotopic (exact) mass is 433 g/mol. The molecule has 0 unspecified atom stereocenters. The van der Waals surface area contributed by atoms with Crippen LogP contribution in [0, 0.1) is 12.7 Å². The van der Waals surface area contributed by atoms with E-state index in [1.165, 1.54) is 6.07 Å². The Bertz CT molecular complexity index is 1320. The SMILES string of the molecule is Cc1cn2cc(NC(=O)c3ccc(N4C[C@H](C)N[C@@H](C)C4)c4nccnc34)cc(F)c2n1. The van der Waals surface area contributed by atoms with Crippen molar-refractivity contribution in [2.75, 3.05) is 23.3 Å². The fourth-order valence-corrected chi connectivity index (χ4v) is 4.45. The summed E-state index contributed by atoms with van der Waals surface area (Å²) in [5, 5.41) is 6.31. The molecule has 0 radical (unpaired) electrons. The molecule has 4 heterocycles. The summed E-state index contributed by atoms with van der Waals surface area (Å²) in [6, 6.07) is 5.62. The number of anilines is 2. The van der Waals surface area contributed by atoms with E-state index in [1.807, 2.05) is 6.07 Å². The Hall–Kier alpha value is -3.59. The van der Waals surface area contributed by atoms with Crippen molar-refractivity contribution in [3.05, 3.63) is 60.1 Å². The predicted molar refractivity (Wildman–Crippen MR) is 122 cm³/mol. The number of benzene rings is 1. The van der Waals surface area contributed by atoms with Crippen LogP contribution >= 0.6 is 0 Å². The lowest BCUT2D eigenvalue weighted by Crippen LogP contribution is -2.54. The highest BCUT2D eigenvalue weighted by Gasteiger charge is 2.24. The first-order chi connectivity index (χ1) is 15.4. The van der Waals surface area contributed by atoms with Crippen molar-refractivity contribution in [2.45, 2.75) is 32.9 Å². The van der Waals surface area contributed by atoms with Gasteiger partial charge in [0.15, 0.2) is 11.5 Å². The summed E-state index contributed by atoms with van der Waals surface area (Å²) in [7, 11) is 0. The zero-order valence-electron chi connectivity index (χ0n) is 18.1. The molecule has 0 spiro atoms. The van der Waals surface area contributed by atoms with Crippen molar-refractivity contribution in [2.24, 2.45) is 0 Å². The molecule has 0 aliphatic carbocycles. The molecule has 1 amide bonds. The van der Waals surface area contributed by atoms with Crippen LogP contribution in [0.25, 0.3) is 16.7 Å². The third-order valence-electron chi connectivity index (χ3n) is 5.63. The first-order valence-corrected chi connectivity index (χ1v) is 10.6. The first kappa shape index (κ1) is 20.3. The highest BCUT2D eigenvalue weighted by molar-refractivity contribution is 6.13. The third-order valence-corrected chi connectivity index (χ3v) is 5.63. The van der Waals surface area contributed by atoms with Crippen LogP contribution in [0.5, 0.6) is 0 Å². The van der Waals surface area contributed by atoms with Gasteiger partial charge in [0, 0.05) is 56.0 Å². The summed E-state index contributed by atoms with van der Waals surface area (Å²) in [4.78, 5) is 28.5. The van der Waals surface area contributed by atoms with Gasteiger partial charge in [0.25, 0.3) is 5.91 Å². The number of hydrogen-bond acceptors (Lipinski definition) is 6. The molecule has 2 atom stereocenters. The standard InChI is InChI=1S/C23H24FN7O/c1-13-9-30(10-14(2)27-13)19-5-4-17(20-21(19)26-7-6-25-20)23(32)29-16-8-18(24)22-28-15(3)11-31(22)12-16/h4-8,11-14,27H,9-10H2,1-3H3,(H,29,32)/t13-,14-/m0/s1. The van der Waals surface area contributed by atoms with Gasteiger partial charge in [-0.3, -0.25) is 14.8 Å². The van der Waals surface area contributed by atoms with Crippen LogP contribution in [-0.4, -0.2) is 50.4 Å². The van der Waals surface area contributed by atoms with Gasteiger partial charge in [-0.1, -0.05) is 0 Å². The largest absolute Gasteiger partial charge is 0.367 e. The zero-order chi connectivity index (χ0) is 22.4. The lowest BCUT2D eigenvalue weighted by Gasteiger charge is -2.38. The number of nitrogens with zero attached hydrogens (tertiary/aromatic N) is 5. The molecule has 1 saturated heterocycles. The predicted octanol–water partition coefficient (Wildman–Crippen LogP) is 3.16. The Labute approximate surface area is 184 Å². The molecule has 1 aliphatic heterocycles. The van der Waals surface area contributed by atoms with Crippen molar-refractivity contribution >= 4 is 34.0 Å². The molecule has 5 rings (SSSR count). The number of piperazine rings is 1. The summed E-state index contributed by atoms with van der Waals surface area (Å²) in [6.07, 6.45) is 6.56. The molecule has 4 aromatic rings. The van der Waals surface area contributed by atoms with Crippen LogP contribution in [0.15, 0.2) is 43.0 Å². The summed E-state index contributed by atoms with van der Waals surface area (Å²) in [5.74, 6) is -0.877. The van der Waals surface area contributed by atoms with Crippen LogP contribution in [0.3, 0.4) is 0 Å². The van der Waals surface area contributed by atoms with Crippen molar-refractivity contribution in [3.8, 4) is 0 Å². The van der Waals surface area contributed by atoms with Gasteiger partial charge in [0.1, 0.15) is 11.0 Å². The third kappa shape index (κ3) is 3.64. The minimum atomic E-state index is -0.502. The fourth-order valence-electron chi connectivity index (χ4n) is 4.45. The summed E-state index contributed by atoms with van der Waals surface area (Å²) in [6.45, 7) is 7.76. The number of nitrogens with one attached hydrogen (secondary N) is 2. The number of amides is 1. The maximum absolute atomic E-state index is 14.4. The number of halogens is 1. The van der Waals surface area contributed by atoms with Gasteiger partial charge < -0.3 is 19.9 Å². The van der Waals surface area contributed by atoms with E-state index in [1.54, 1.807) is 42.2 Å². The lowest BCUT2D eigenvalue weighted by atomic mass is 10.1. The smallest absolute Gasteiger partial charge is 0.257 e. The van der Waals surface area contributed by atoms with E-state index >= 15 is 0 Å². The molecule has 1 aliphatic rings. The Morgan fingerprint density at radius 3 is 2.59 bits per heavy atom. The Balaban J connectivity index is 1.50. The average molecular weight is 433 g/mol. The normalized spacial score (nSPS) is 18.9. The number of hydrogen-bond donors (Lipinski definition) is 2. The van der Waals surface area contributed by atoms with E-state index in [9.17, 15) is 9.18 Å². The molecule has 0 saturated carbocycles. The number of pyridine rings is 1. The van der Waals surface area contributed by atoms with Crippen LogP contribution in [0.4, 0.5) is 15.8 Å². The van der Waals surface area contributed by atoms with Crippen LogP contribution in [-0.2, 0) is 0 Å². The molecule has 2 N–H and O–H groups in total. The van der Waals surface area contributed by atoms with E-state index in [0.717, 1.165) is 18.8 Å². The lowest BCUT2D eigenvalue weighted by molar-refractivity contribution is 0.102. The number of imidazole rings is 1. The molecule has 1 aromatic carbocycles. The second kappa shape index (κ2) is 7.83. The molecule has 9 heteroatoms. The van der Waals surface area contributed by atoms with Crippen LogP contribution < -0.4 is 15.5 Å². The number of aryl methyl sites for hydroxylation is 1. The number of fused-ring (bicyclic) bond motifs is 2. The number of carbonyl (C=O) groups is 1. The van der Waals surface area contributed by atoms with Crippen molar-refractivity contribution in [3.63, 3.8) is 0 Å². The molecule has 3 aromatic heterocycles. The fraction of sp³-hybridized carbons (Fsp3) is 0.304. The van der Waals surface area contributed by atoms with Gasteiger partial charge in [0.05, 0.1) is 22.6 Å². The van der Waals surface area contributed by atoms with Crippen molar-refractivity contribution in [1.82, 2.24) is 24.7 Å². The molecular weight excluding hydrogens is 409 g/mol. The van der Waals surface area contributed by atoms with E-state index in [0.29, 0.717) is 40.1 Å². The molecule has 32 heavy (non-hydrogen) atoms. The zero-order valence-corrected chi connectivity index (χ0v) is 18.1. The summed E-state index contributed by atoms with van der Waals surface area (Å²) in [5.41, 5.74) is 3.78. The number of aromatic nitrogens is 4. The van der Waals surface area contributed by atoms with Gasteiger partial charge in [0.2, 0.25) is 0 Å². The molecule has 164 valence electrons. The van der Waals surface area contributed by atoms with E-state index < -0.39 is 5.82 Å². The quantitative estimate of drug-likeness (QED) is 0.516. The van der Waals surface area contributed by atoms with Crippen molar-refractivity contribution in [1.29, 1.82) is 0 Å². The second-order valence-electron chi connectivity index (χ2n) is 8.40. The van der Waals surface area contributed by atoms with Gasteiger partial charge >= 0.3 is 0 Å². The molecule has 1 fully saturated rings.